The zero-order chi connectivity index (χ0) is 11.0. The van der Waals surface area contributed by atoms with E-state index in [1.165, 1.54) is 6.07 Å². The second-order valence-electron chi connectivity index (χ2n) is 3.74. The molecular formula is C11H11BrFNO. The smallest absolute Gasteiger partial charge is 0.257 e. The van der Waals surface area contributed by atoms with Crippen LogP contribution in [0.3, 0.4) is 0 Å². The highest BCUT2D eigenvalue weighted by Gasteiger charge is 2.31. The molecular weight excluding hydrogens is 261 g/mol. The van der Waals surface area contributed by atoms with Crippen molar-refractivity contribution in [2.75, 3.05) is 7.05 Å². The monoisotopic (exact) mass is 271 g/mol. The fourth-order valence-electron chi connectivity index (χ4n) is 1.51. The minimum atomic E-state index is -0.470. The third-order valence-electron chi connectivity index (χ3n) is 2.59. The molecule has 2 rings (SSSR count). The van der Waals surface area contributed by atoms with E-state index in [2.05, 4.69) is 15.9 Å². The first-order chi connectivity index (χ1) is 7.11. The first-order valence-electron chi connectivity index (χ1n) is 4.82. The lowest BCUT2D eigenvalue weighted by molar-refractivity contribution is 0.0779. The van der Waals surface area contributed by atoms with Crippen molar-refractivity contribution in [3.8, 4) is 0 Å². The molecule has 0 heterocycles. The molecule has 15 heavy (non-hydrogen) atoms. The first-order valence-corrected chi connectivity index (χ1v) is 5.61. The van der Waals surface area contributed by atoms with Crippen LogP contribution in [0.5, 0.6) is 0 Å². The summed E-state index contributed by atoms with van der Waals surface area (Å²) in [6.07, 6.45) is 2.04. The van der Waals surface area contributed by atoms with Crippen LogP contribution in [0.15, 0.2) is 22.7 Å². The SMILES string of the molecule is CN(C(=O)c1c(F)cccc1Br)C1CC1. The van der Waals surface area contributed by atoms with Crippen LogP contribution in [0.1, 0.15) is 23.2 Å². The van der Waals surface area contributed by atoms with Crippen LogP contribution in [0.2, 0.25) is 0 Å². The Morgan fingerprint density at radius 1 is 1.53 bits per heavy atom. The van der Waals surface area contributed by atoms with Gasteiger partial charge in [-0.25, -0.2) is 4.39 Å². The molecule has 1 aliphatic carbocycles. The van der Waals surface area contributed by atoms with Crippen LogP contribution >= 0.6 is 15.9 Å². The molecule has 1 aliphatic rings. The lowest BCUT2D eigenvalue weighted by atomic mass is 10.2. The molecule has 0 bridgehead atoms. The van der Waals surface area contributed by atoms with Crippen molar-refractivity contribution in [3.05, 3.63) is 34.1 Å². The lowest BCUT2D eigenvalue weighted by Gasteiger charge is -2.17. The minimum Gasteiger partial charge on any atom is -0.339 e. The summed E-state index contributed by atoms with van der Waals surface area (Å²) in [4.78, 5) is 13.5. The molecule has 0 atom stereocenters. The molecule has 80 valence electrons. The molecule has 1 fully saturated rings. The van der Waals surface area contributed by atoms with Gasteiger partial charge in [-0.15, -0.1) is 0 Å². The van der Waals surface area contributed by atoms with E-state index < -0.39 is 5.82 Å². The van der Waals surface area contributed by atoms with Gasteiger partial charge in [-0.1, -0.05) is 6.07 Å². The molecule has 4 heteroatoms. The van der Waals surface area contributed by atoms with Crippen LogP contribution in [0.25, 0.3) is 0 Å². The molecule has 0 unspecified atom stereocenters. The van der Waals surface area contributed by atoms with Crippen LogP contribution in [-0.4, -0.2) is 23.9 Å². The van der Waals surface area contributed by atoms with Crippen molar-refractivity contribution in [2.45, 2.75) is 18.9 Å². The third-order valence-corrected chi connectivity index (χ3v) is 3.25. The lowest BCUT2D eigenvalue weighted by Crippen LogP contribution is -2.29. The largest absolute Gasteiger partial charge is 0.339 e. The van der Waals surface area contributed by atoms with E-state index in [9.17, 15) is 9.18 Å². The molecule has 0 saturated heterocycles. The van der Waals surface area contributed by atoms with Gasteiger partial charge in [0.2, 0.25) is 0 Å². The topological polar surface area (TPSA) is 20.3 Å². The van der Waals surface area contributed by atoms with Crippen LogP contribution < -0.4 is 0 Å². The number of carbonyl (C=O) groups excluding carboxylic acids is 1. The second-order valence-corrected chi connectivity index (χ2v) is 4.60. The summed E-state index contributed by atoms with van der Waals surface area (Å²) in [6, 6.07) is 4.85. The number of amides is 1. The number of carbonyl (C=O) groups is 1. The van der Waals surface area contributed by atoms with Crippen molar-refractivity contribution >= 4 is 21.8 Å². The predicted octanol–water partition coefficient (Wildman–Crippen LogP) is 2.82. The summed E-state index contributed by atoms with van der Waals surface area (Å²) in [6.45, 7) is 0. The molecule has 1 aromatic carbocycles. The van der Waals surface area contributed by atoms with Crippen LogP contribution in [0, 0.1) is 5.82 Å². The van der Waals surface area contributed by atoms with Gasteiger partial charge in [0.05, 0.1) is 5.56 Å². The molecule has 1 aromatic rings. The summed E-state index contributed by atoms with van der Waals surface area (Å²) in [5.74, 6) is -0.718. The highest BCUT2D eigenvalue weighted by atomic mass is 79.9. The van der Waals surface area contributed by atoms with Crippen molar-refractivity contribution in [2.24, 2.45) is 0 Å². The first kappa shape index (κ1) is 10.6. The highest BCUT2D eigenvalue weighted by Crippen LogP contribution is 2.29. The van der Waals surface area contributed by atoms with E-state index in [0.29, 0.717) is 10.5 Å². The molecule has 0 aromatic heterocycles. The number of halogens is 2. The average Bonchev–Trinajstić information content (AvgIpc) is 2.99. The molecule has 0 spiro atoms. The normalized spacial score (nSPS) is 15.1. The summed E-state index contributed by atoms with van der Waals surface area (Å²) >= 11 is 3.20. The number of hydrogen-bond donors (Lipinski definition) is 0. The zero-order valence-electron chi connectivity index (χ0n) is 8.34. The molecule has 0 N–H and O–H groups in total. The Kier molecular flexibility index (Phi) is 2.78. The predicted molar refractivity (Wildman–Crippen MR) is 59.2 cm³/mol. The Bertz CT molecular complexity index is 383. The summed E-state index contributed by atoms with van der Waals surface area (Å²) in [5, 5.41) is 0. The van der Waals surface area contributed by atoms with E-state index in [1.807, 2.05) is 0 Å². The number of nitrogens with zero attached hydrogens (tertiary/aromatic N) is 1. The maximum absolute atomic E-state index is 13.5. The van der Waals surface area contributed by atoms with Gasteiger partial charge in [-0.3, -0.25) is 4.79 Å². The number of hydrogen-bond acceptors (Lipinski definition) is 1. The summed E-state index contributed by atoms with van der Waals surface area (Å²) in [7, 11) is 1.72. The van der Waals surface area contributed by atoms with E-state index in [0.717, 1.165) is 12.8 Å². The van der Waals surface area contributed by atoms with Gasteiger partial charge in [-0.05, 0) is 40.9 Å². The molecule has 0 radical (unpaired) electrons. The van der Waals surface area contributed by atoms with E-state index >= 15 is 0 Å². The molecule has 1 amide bonds. The van der Waals surface area contributed by atoms with Gasteiger partial charge in [-0.2, -0.15) is 0 Å². The maximum Gasteiger partial charge on any atom is 0.257 e. The Labute approximate surface area is 96.2 Å². The van der Waals surface area contributed by atoms with Crippen LogP contribution in [0.4, 0.5) is 4.39 Å². The standard InChI is InChI=1S/C11H11BrFNO/c1-14(7-5-6-7)11(15)10-8(12)3-2-4-9(10)13/h2-4,7H,5-6H2,1H3. The van der Waals surface area contributed by atoms with Crippen molar-refractivity contribution < 1.29 is 9.18 Å². The summed E-state index contributed by atoms with van der Waals surface area (Å²) in [5.41, 5.74) is 0.131. The van der Waals surface area contributed by atoms with Crippen molar-refractivity contribution in [1.82, 2.24) is 4.90 Å². The minimum absolute atomic E-state index is 0.131. The highest BCUT2D eigenvalue weighted by molar-refractivity contribution is 9.10. The third kappa shape index (κ3) is 2.04. The van der Waals surface area contributed by atoms with E-state index in [-0.39, 0.29) is 11.5 Å². The van der Waals surface area contributed by atoms with Crippen molar-refractivity contribution in [1.29, 1.82) is 0 Å². The van der Waals surface area contributed by atoms with Gasteiger partial charge in [0.1, 0.15) is 5.82 Å². The zero-order valence-corrected chi connectivity index (χ0v) is 9.92. The van der Waals surface area contributed by atoms with Gasteiger partial charge in [0.15, 0.2) is 0 Å². The number of rotatable bonds is 2. The van der Waals surface area contributed by atoms with Crippen LogP contribution in [-0.2, 0) is 0 Å². The second kappa shape index (κ2) is 3.93. The quantitative estimate of drug-likeness (QED) is 0.810. The van der Waals surface area contributed by atoms with Gasteiger partial charge in [0, 0.05) is 17.6 Å². The molecule has 0 aliphatic heterocycles. The van der Waals surface area contributed by atoms with E-state index in [1.54, 1.807) is 24.1 Å². The van der Waals surface area contributed by atoms with Gasteiger partial charge >= 0.3 is 0 Å². The Morgan fingerprint density at radius 2 is 2.20 bits per heavy atom. The van der Waals surface area contributed by atoms with Crippen molar-refractivity contribution in [3.63, 3.8) is 0 Å². The Morgan fingerprint density at radius 3 is 2.73 bits per heavy atom. The van der Waals surface area contributed by atoms with Gasteiger partial charge < -0.3 is 4.90 Å². The maximum atomic E-state index is 13.5. The average molecular weight is 272 g/mol. The molecule has 1 saturated carbocycles. The fourth-order valence-corrected chi connectivity index (χ4v) is 2.02. The molecule has 2 nitrogen and oxygen atoms in total. The Balaban J connectivity index is 2.31. The fraction of sp³-hybridized carbons (Fsp3) is 0.364. The summed E-state index contributed by atoms with van der Waals surface area (Å²) < 4.78 is 14.0. The Hall–Kier alpha value is -0.900. The van der Waals surface area contributed by atoms with Gasteiger partial charge in [0.25, 0.3) is 5.91 Å². The van der Waals surface area contributed by atoms with E-state index in [4.69, 9.17) is 0 Å². The number of benzene rings is 1.